The molecule has 0 spiro atoms. The van der Waals surface area contributed by atoms with Crippen molar-refractivity contribution in [3.63, 3.8) is 0 Å². The highest BCUT2D eigenvalue weighted by Gasteiger charge is 2.38. The van der Waals surface area contributed by atoms with Crippen molar-refractivity contribution in [3.8, 4) is 0 Å². The van der Waals surface area contributed by atoms with Gasteiger partial charge < -0.3 is 4.74 Å². The molecule has 2 rings (SSSR count). The Labute approximate surface area is 152 Å². The minimum atomic E-state index is -0.200. The van der Waals surface area contributed by atoms with E-state index in [1.165, 1.54) is 37.0 Å². The van der Waals surface area contributed by atoms with Crippen LogP contribution in [0.4, 0.5) is 0 Å². The molecule has 5 nitrogen and oxygen atoms in total. The molecule has 2 amide bonds. The van der Waals surface area contributed by atoms with Crippen LogP contribution in [0, 0.1) is 5.92 Å². The zero-order valence-electron chi connectivity index (χ0n) is 16.0. The van der Waals surface area contributed by atoms with Gasteiger partial charge in [-0.05, 0) is 26.2 Å². The summed E-state index contributed by atoms with van der Waals surface area (Å²) in [4.78, 5) is 28.3. The van der Waals surface area contributed by atoms with E-state index in [4.69, 9.17) is 4.74 Å². The molecule has 0 aromatic rings. The van der Waals surface area contributed by atoms with Crippen molar-refractivity contribution in [1.29, 1.82) is 0 Å². The molecule has 2 saturated heterocycles. The third-order valence-corrected chi connectivity index (χ3v) is 5.19. The number of carbonyl (C=O) groups excluding carboxylic acids is 2. The Hall–Kier alpha value is -1.20. The summed E-state index contributed by atoms with van der Waals surface area (Å²) in [5.74, 6) is -0.258. The van der Waals surface area contributed by atoms with Crippen LogP contribution >= 0.6 is 0 Å². The van der Waals surface area contributed by atoms with Crippen LogP contribution in [0.2, 0.25) is 0 Å². The Morgan fingerprint density at radius 1 is 1.20 bits per heavy atom. The highest BCUT2D eigenvalue weighted by molar-refractivity contribution is 6.03. The van der Waals surface area contributed by atoms with Gasteiger partial charge in [-0.3, -0.25) is 19.4 Å². The van der Waals surface area contributed by atoms with Crippen molar-refractivity contribution in [3.05, 3.63) is 12.2 Å². The zero-order valence-corrected chi connectivity index (χ0v) is 16.0. The number of nitrogens with zero attached hydrogens (tertiary/aromatic N) is 2. The van der Waals surface area contributed by atoms with Crippen molar-refractivity contribution in [2.24, 2.45) is 5.92 Å². The SMILES string of the molecule is C=C(C)CC1CC(=O)N(CCN2CCOC2CCCCCCC)C1=O. The molecule has 2 fully saturated rings. The van der Waals surface area contributed by atoms with E-state index in [1.54, 1.807) is 0 Å². The molecule has 2 aliphatic heterocycles. The third-order valence-electron chi connectivity index (χ3n) is 5.19. The largest absolute Gasteiger partial charge is 0.362 e. The normalized spacial score (nSPS) is 24.5. The zero-order chi connectivity index (χ0) is 18.2. The molecule has 0 aliphatic carbocycles. The molecule has 2 heterocycles. The van der Waals surface area contributed by atoms with E-state index in [0.717, 1.165) is 31.7 Å². The first-order chi connectivity index (χ1) is 12.0. The van der Waals surface area contributed by atoms with Gasteiger partial charge in [0, 0.05) is 26.1 Å². The first-order valence-corrected chi connectivity index (χ1v) is 9.87. The predicted octanol–water partition coefficient (Wildman–Crippen LogP) is 3.35. The van der Waals surface area contributed by atoms with E-state index in [2.05, 4.69) is 18.4 Å². The number of hydrogen-bond donors (Lipinski definition) is 0. The van der Waals surface area contributed by atoms with Gasteiger partial charge in [0.2, 0.25) is 11.8 Å². The third kappa shape index (κ3) is 5.93. The van der Waals surface area contributed by atoms with Crippen LogP contribution in [-0.4, -0.2) is 54.1 Å². The lowest BCUT2D eigenvalue weighted by Gasteiger charge is -2.25. The van der Waals surface area contributed by atoms with Gasteiger partial charge in [-0.15, -0.1) is 6.58 Å². The van der Waals surface area contributed by atoms with Crippen LogP contribution in [0.25, 0.3) is 0 Å². The number of likely N-dealkylation sites (tertiary alicyclic amines) is 1. The fourth-order valence-corrected chi connectivity index (χ4v) is 3.79. The highest BCUT2D eigenvalue weighted by Crippen LogP contribution is 2.25. The molecule has 0 aromatic carbocycles. The van der Waals surface area contributed by atoms with E-state index in [1.807, 2.05) is 6.92 Å². The summed E-state index contributed by atoms with van der Waals surface area (Å²) in [6.07, 6.45) is 8.46. The molecule has 0 N–H and O–H groups in total. The number of allylic oxidation sites excluding steroid dienone is 1. The summed E-state index contributed by atoms with van der Waals surface area (Å²) >= 11 is 0. The number of carbonyl (C=O) groups is 2. The Balaban J connectivity index is 1.74. The number of ether oxygens (including phenoxy) is 1. The minimum Gasteiger partial charge on any atom is -0.362 e. The van der Waals surface area contributed by atoms with Crippen LogP contribution in [0.1, 0.15) is 65.2 Å². The van der Waals surface area contributed by atoms with Crippen molar-refractivity contribution < 1.29 is 14.3 Å². The Bertz CT molecular complexity index is 478. The van der Waals surface area contributed by atoms with E-state index >= 15 is 0 Å². The number of amides is 2. The lowest BCUT2D eigenvalue weighted by Crippen LogP contribution is -2.40. The molecular weight excluding hydrogens is 316 g/mol. The first kappa shape index (κ1) is 20.1. The first-order valence-electron chi connectivity index (χ1n) is 9.87. The van der Waals surface area contributed by atoms with E-state index in [-0.39, 0.29) is 24.0 Å². The van der Waals surface area contributed by atoms with Gasteiger partial charge in [0.15, 0.2) is 0 Å². The maximum Gasteiger partial charge on any atom is 0.233 e. The van der Waals surface area contributed by atoms with Gasteiger partial charge in [-0.25, -0.2) is 0 Å². The van der Waals surface area contributed by atoms with Crippen LogP contribution in [-0.2, 0) is 14.3 Å². The molecule has 2 unspecified atom stereocenters. The monoisotopic (exact) mass is 350 g/mol. The molecule has 142 valence electrons. The van der Waals surface area contributed by atoms with Crippen LogP contribution < -0.4 is 0 Å². The molecule has 25 heavy (non-hydrogen) atoms. The second kappa shape index (κ2) is 10.1. The molecule has 0 radical (unpaired) electrons. The maximum atomic E-state index is 12.4. The lowest BCUT2D eigenvalue weighted by atomic mass is 10.00. The predicted molar refractivity (Wildman–Crippen MR) is 98.9 cm³/mol. The van der Waals surface area contributed by atoms with Crippen LogP contribution in [0.3, 0.4) is 0 Å². The van der Waals surface area contributed by atoms with Crippen molar-refractivity contribution in [2.45, 2.75) is 71.4 Å². The fourth-order valence-electron chi connectivity index (χ4n) is 3.79. The fraction of sp³-hybridized carbons (Fsp3) is 0.800. The highest BCUT2D eigenvalue weighted by atomic mass is 16.5. The van der Waals surface area contributed by atoms with Crippen molar-refractivity contribution >= 4 is 11.8 Å². The van der Waals surface area contributed by atoms with Crippen molar-refractivity contribution in [2.75, 3.05) is 26.2 Å². The Morgan fingerprint density at radius 3 is 2.68 bits per heavy atom. The quantitative estimate of drug-likeness (QED) is 0.326. The molecule has 0 saturated carbocycles. The number of unbranched alkanes of at least 4 members (excludes halogenated alkanes) is 4. The smallest absolute Gasteiger partial charge is 0.233 e. The average molecular weight is 351 g/mol. The van der Waals surface area contributed by atoms with Gasteiger partial charge in [0.1, 0.15) is 6.23 Å². The van der Waals surface area contributed by atoms with Crippen LogP contribution in [0.5, 0.6) is 0 Å². The van der Waals surface area contributed by atoms with Gasteiger partial charge in [0.05, 0.1) is 12.5 Å². The minimum absolute atomic E-state index is 0.0239. The molecule has 0 bridgehead atoms. The summed E-state index contributed by atoms with van der Waals surface area (Å²) in [5.41, 5.74) is 0.962. The molecular formula is C20H34N2O3. The second-order valence-corrected chi connectivity index (χ2v) is 7.51. The number of rotatable bonds is 11. The Morgan fingerprint density at radius 2 is 1.96 bits per heavy atom. The second-order valence-electron chi connectivity index (χ2n) is 7.51. The van der Waals surface area contributed by atoms with Gasteiger partial charge in [-0.2, -0.15) is 0 Å². The van der Waals surface area contributed by atoms with E-state index in [9.17, 15) is 9.59 Å². The molecule has 5 heteroatoms. The summed E-state index contributed by atoms with van der Waals surface area (Å²) in [7, 11) is 0. The summed E-state index contributed by atoms with van der Waals surface area (Å²) in [5, 5.41) is 0. The average Bonchev–Trinajstić information content (AvgIpc) is 3.10. The molecule has 2 atom stereocenters. The lowest BCUT2D eigenvalue weighted by molar-refractivity contribution is -0.139. The summed E-state index contributed by atoms with van der Waals surface area (Å²) in [6.45, 7) is 10.8. The number of imide groups is 1. The topological polar surface area (TPSA) is 49.9 Å². The summed E-state index contributed by atoms with van der Waals surface area (Å²) < 4.78 is 5.84. The standard InChI is InChI=1S/C20H34N2O3/c1-4-5-6-7-8-9-19-21(12-13-25-19)10-11-22-18(23)15-17(20(22)24)14-16(2)3/h17,19H,2,4-15H2,1,3H3. The van der Waals surface area contributed by atoms with E-state index in [0.29, 0.717) is 19.4 Å². The van der Waals surface area contributed by atoms with Gasteiger partial charge in [0.25, 0.3) is 0 Å². The van der Waals surface area contributed by atoms with Crippen LogP contribution in [0.15, 0.2) is 12.2 Å². The van der Waals surface area contributed by atoms with Crippen molar-refractivity contribution in [1.82, 2.24) is 9.80 Å². The number of hydrogen-bond acceptors (Lipinski definition) is 4. The summed E-state index contributed by atoms with van der Waals surface area (Å²) in [6, 6.07) is 0. The Kier molecular flexibility index (Phi) is 8.10. The van der Waals surface area contributed by atoms with Gasteiger partial charge >= 0.3 is 0 Å². The molecule has 0 aromatic heterocycles. The molecule has 2 aliphatic rings. The van der Waals surface area contributed by atoms with E-state index < -0.39 is 0 Å². The maximum absolute atomic E-state index is 12.4. The van der Waals surface area contributed by atoms with Gasteiger partial charge in [-0.1, -0.05) is 38.2 Å².